The number of amides is 1. The highest BCUT2D eigenvalue weighted by atomic mass is 35.5. The second-order valence-electron chi connectivity index (χ2n) is 5.30. The molecule has 1 aromatic carbocycles. The highest BCUT2D eigenvalue weighted by molar-refractivity contribution is 6.31. The Morgan fingerprint density at radius 3 is 2.65 bits per heavy atom. The molecule has 0 saturated heterocycles. The fraction of sp³-hybridized carbons (Fsp3) is 0.533. The van der Waals surface area contributed by atoms with Crippen molar-refractivity contribution >= 4 is 29.1 Å². The first-order chi connectivity index (χ1) is 9.61. The minimum Gasteiger partial charge on any atom is -0.352 e. The highest BCUT2D eigenvalue weighted by Crippen LogP contribution is 2.30. The van der Waals surface area contributed by atoms with Gasteiger partial charge in [-0.15, -0.1) is 11.6 Å². The van der Waals surface area contributed by atoms with E-state index in [2.05, 4.69) is 5.32 Å². The van der Waals surface area contributed by atoms with E-state index >= 15 is 0 Å². The molecule has 1 amide bonds. The third-order valence-corrected chi connectivity index (χ3v) is 4.66. The molecule has 0 radical (unpaired) electrons. The van der Waals surface area contributed by atoms with Crippen molar-refractivity contribution in [2.45, 2.75) is 25.7 Å². The molecule has 2 rings (SSSR count). The molecular weight excluding hydrogens is 300 g/mol. The first-order valence-electron chi connectivity index (χ1n) is 6.91. The zero-order chi connectivity index (χ0) is 14.5. The fourth-order valence-electron chi connectivity index (χ4n) is 2.72. The van der Waals surface area contributed by atoms with Crippen molar-refractivity contribution in [1.82, 2.24) is 5.32 Å². The lowest BCUT2D eigenvalue weighted by atomic mass is 9.80. The molecule has 2 atom stereocenters. The number of alkyl halides is 1. The summed E-state index contributed by atoms with van der Waals surface area (Å²) in [6.45, 7) is 0.616. The van der Waals surface area contributed by atoms with Gasteiger partial charge in [0.05, 0.1) is 5.02 Å². The molecule has 0 aliphatic heterocycles. The van der Waals surface area contributed by atoms with Crippen LogP contribution in [0.1, 0.15) is 36.0 Å². The molecule has 5 heteroatoms. The summed E-state index contributed by atoms with van der Waals surface area (Å²) >= 11 is 11.7. The monoisotopic (exact) mass is 317 g/mol. The van der Waals surface area contributed by atoms with Gasteiger partial charge in [0.15, 0.2) is 0 Å². The largest absolute Gasteiger partial charge is 0.352 e. The summed E-state index contributed by atoms with van der Waals surface area (Å²) in [4.78, 5) is 12.0. The maximum Gasteiger partial charge on any atom is 0.251 e. The van der Waals surface area contributed by atoms with Crippen LogP contribution in [0, 0.1) is 17.7 Å². The van der Waals surface area contributed by atoms with Gasteiger partial charge < -0.3 is 5.32 Å². The Balaban J connectivity index is 1.92. The molecule has 2 nitrogen and oxygen atoms in total. The molecule has 2 unspecified atom stereocenters. The molecule has 1 fully saturated rings. The maximum atomic E-state index is 13.1. The van der Waals surface area contributed by atoms with Gasteiger partial charge in [0.2, 0.25) is 0 Å². The quantitative estimate of drug-likeness (QED) is 0.826. The molecule has 1 aromatic rings. The molecule has 1 aliphatic rings. The minimum absolute atomic E-state index is 0.0334. The van der Waals surface area contributed by atoms with Gasteiger partial charge in [0.25, 0.3) is 5.91 Å². The molecule has 0 spiro atoms. The molecule has 20 heavy (non-hydrogen) atoms. The summed E-state index contributed by atoms with van der Waals surface area (Å²) < 4.78 is 13.1. The van der Waals surface area contributed by atoms with Crippen LogP contribution in [-0.2, 0) is 0 Å². The zero-order valence-corrected chi connectivity index (χ0v) is 12.7. The number of carbonyl (C=O) groups excluding carboxylic acids is 1. The fourth-order valence-corrected chi connectivity index (χ4v) is 3.31. The smallest absolute Gasteiger partial charge is 0.251 e. The number of hydrogen-bond acceptors (Lipinski definition) is 1. The van der Waals surface area contributed by atoms with Crippen molar-refractivity contribution in [3.05, 3.63) is 34.6 Å². The van der Waals surface area contributed by atoms with Gasteiger partial charge in [-0.3, -0.25) is 4.79 Å². The maximum absolute atomic E-state index is 13.1. The Hall–Kier alpha value is -0.800. The van der Waals surface area contributed by atoms with Gasteiger partial charge in [-0.1, -0.05) is 24.4 Å². The van der Waals surface area contributed by atoms with Crippen LogP contribution in [-0.4, -0.2) is 18.3 Å². The predicted octanol–water partition coefficient (Wildman–Crippen LogP) is 4.25. The molecule has 0 bridgehead atoms. The average molecular weight is 318 g/mol. The highest BCUT2D eigenvalue weighted by Gasteiger charge is 2.24. The van der Waals surface area contributed by atoms with Gasteiger partial charge in [0.1, 0.15) is 5.82 Å². The van der Waals surface area contributed by atoms with Crippen LogP contribution in [0.25, 0.3) is 0 Å². The van der Waals surface area contributed by atoms with Crippen molar-refractivity contribution in [2.75, 3.05) is 12.4 Å². The van der Waals surface area contributed by atoms with Gasteiger partial charge in [-0.2, -0.15) is 0 Å². The average Bonchev–Trinajstić information content (AvgIpc) is 2.47. The second-order valence-corrected chi connectivity index (χ2v) is 6.01. The van der Waals surface area contributed by atoms with Crippen molar-refractivity contribution in [2.24, 2.45) is 11.8 Å². The van der Waals surface area contributed by atoms with Crippen molar-refractivity contribution in [3.8, 4) is 0 Å². The summed E-state index contributed by atoms with van der Waals surface area (Å²) in [7, 11) is 0. The Kier molecular flexibility index (Phi) is 5.67. The van der Waals surface area contributed by atoms with E-state index in [0.717, 1.165) is 12.8 Å². The van der Waals surface area contributed by atoms with E-state index in [9.17, 15) is 9.18 Å². The Morgan fingerprint density at radius 2 is 2.00 bits per heavy atom. The lowest BCUT2D eigenvalue weighted by Gasteiger charge is -2.30. The van der Waals surface area contributed by atoms with E-state index in [1.165, 1.54) is 31.0 Å². The number of benzene rings is 1. The topological polar surface area (TPSA) is 29.1 Å². The van der Waals surface area contributed by atoms with Gasteiger partial charge >= 0.3 is 0 Å². The van der Waals surface area contributed by atoms with Crippen LogP contribution in [0.3, 0.4) is 0 Å². The standard InChI is InChI=1S/C15H18Cl2FNO/c16-8-11-3-1-2-4-12(11)9-19-15(20)10-5-6-14(18)13(17)7-10/h5-7,11-12H,1-4,8-9H2,(H,19,20). The van der Waals surface area contributed by atoms with Crippen molar-refractivity contribution in [1.29, 1.82) is 0 Å². The first kappa shape index (κ1) is 15.6. The predicted molar refractivity (Wildman–Crippen MR) is 79.9 cm³/mol. The number of hydrogen-bond donors (Lipinski definition) is 1. The van der Waals surface area contributed by atoms with E-state index in [1.807, 2.05) is 0 Å². The molecule has 1 aliphatic carbocycles. The van der Waals surface area contributed by atoms with Gasteiger partial charge in [-0.05, 0) is 42.9 Å². The van der Waals surface area contributed by atoms with Crippen LogP contribution < -0.4 is 5.32 Å². The lowest BCUT2D eigenvalue weighted by Crippen LogP contribution is -2.34. The SMILES string of the molecule is O=C(NCC1CCCCC1CCl)c1ccc(F)c(Cl)c1. The summed E-state index contributed by atoms with van der Waals surface area (Å²) in [5, 5.41) is 2.87. The van der Waals surface area contributed by atoms with Crippen LogP contribution in [0.2, 0.25) is 5.02 Å². The second kappa shape index (κ2) is 7.28. The summed E-state index contributed by atoms with van der Waals surface area (Å²) in [6, 6.07) is 4.00. The lowest BCUT2D eigenvalue weighted by molar-refractivity contribution is 0.0936. The summed E-state index contributed by atoms with van der Waals surface area (Å²) in [5.41, 5.74) is 0.384. The van der Waals surface area contributed by atoms with Crippen LogP contribution >= 0.6 is 23.2 Å². The summed E-state index contributed by atoms with van der Waals surface area (Å²) in [6.07, 6.45) is 4.64. The third kappa shape index (κ3) is 3.86. The molecule has 1 saturated carbocycles. The molecular formula is C15H18Cl2FNO. The van der Waals surface area contributed by atoms with Crippen LogP contribution in [0.15, 0.2) is 18.2 Å². The molecule has 0 aromatic heterocycles. The summed E-state index contributed by atoms with van der Waals surface area (Å²) in [5.74, 6) is 0.815. The van der Waals surface area contributed by atoms with Crippen molar-refractivity contribution < 1.29 is 9.18 Å². The number of carbonyl (C=O) groups is 1. The number of nitrogens with one attached hydrogen (secondary N) is 1. The molecule has 110 valence electrons. The third-order valence-electron chi connectivity index (χ3n) is 3.97. The Bertz CT molecular complexity index is 481. The van der Waals surface area contributed by atoms with Crippen LogP contribution in [0.5, 0.6) is 0 Å². The normalized spacial score (nSPS) is 22.6. The Labute approximate surface area is 128 Å². The van der Waals surface area contributed by atoms with E-state index in [4.69, 9.17) is 23.2 Å². The van der Waals surface area contributed by atoms with Crippen LogP contribution in [0.4, 0.5) is 4.39 Å². The van der Waals surface area contributed by atoms with E-state index < -0.39 is 5.82 Å². The van der Waals surface area contributed by atoms with Gasteiger partial charge in [0, 0.05) is 18.0 Å². The molecule has 1 N–H and O–H groups in total. The zero-order valence-electron chi connectivity index (χ0n) is 11.2. The van der Waals surface area contributed by atoms with Crippen molar-refractivity contribution in [3.63, 3.8) is 0 Å². The minimum atomic E-state index is -0.516. The van der Waals surface area contributed by atoms with E-state index in [-0.39, 0.29) is 10.9 Å². The molecule has 0 heterocycles. The number of halogens is 3. The van der Waals surface area contributed by atoms with E-state index in [0.29, 0.717) is 29.8 Å². The van der Waals surface area contributed by atoms with Gasteiger partial charge in [-0.25, -0.2) is 4.39 Å². The number of rotatable bonds is 4. The Morgan fingerprint density at radius 1 is 1.30 bits per heavy atom. The first-order valence-corrected chi connectivity index (χ1v) is 7.82. The van der Waals surface area contributed by atoms with E-state index in [1.54, 1.807) is 0 Å².